The van der Waals surface area contributed by atoms with Crippen molar-refractivity contribution in [3.63, 3.8) is 0 Å². The quantitative estimate of drug-likeness (QED) is 0.899. The molecule has 17 heavy (non-hydrogen) atoms. The summed E-state index contributed by atoms with van der Waals surface area (Å²) in [5.74, 6) is 1.74. The van der Waals surface area contributed by atoms with Crippen LogP contribution in [0.1, 0.15) is 17.9 Å². The lowest BCUT2D eigenvalue weighted by atomic mass is 9.97. The summed E-state index contributed by atoms with van der Waals surface area (Å²) in [4.78, 5) is 0. The summed E-state index contributed by atoms with van der Waals surface area (Å²) in [6, 6.07) is 1.86. The van der Waals surface area contributed by atoms with Crippen LogP contribution in [0, 0.1) is 0 Å². The Morgan fingerprint density at radius 3 is 2.71 bits per heavy atom. The molecule has 2 N–H and O–H groups in total. The van der Waals surface area contributed by atoms with Gasteiger partial charge in [0.15, 0.2) is 11.5 Å². The van der Waals surface area contributed by atoms with E-state index in [4.69, 9.17) is 9.47 Å². The number of halogens is 1. The van der Waals surface area contributed by atoms with Gasteiger partial charge in [-0.25, -0.2) is 0 Å². The highest BCUT2D eigenvalue weighted by Crippen LogP contribution is 2.46. The molecule has 1 aliphatic rings. The van der Waals surface area contributed by atoms with Crippen molar-refractivity contribution in [3.8, 4) is 17.2 Å². The van der Waals surface area contributed by atoms with E-state index in [1.807, 2.05) is 6.07 Å². The minimum atomic E-state index is 0.247. The van der Waals surface area contributed by atoms with E-state index in [1.165, 1.54) is 0 Å². The van der Waals surface area contributed by atoms with Crippen LogP contribution in [-0.4, -0.2) is 32.4 Å². The Balaban J connectivity index is 2.49. The molecule has 0 radical (unpaired) electrons. The first kappa shape index (κ1) is 12.5. The molecule has 1 unspecified atom stereocenters. The highest BCUT2D eigenvalue weighted by Gasteiger charge is 2.25. The van der Waals surface area contributed by atoms with Crippen molar-refractivity contribution in [2.45, 2.75) is 12.3 Å². The lowest BCUT2D eigenvalue weighted by Crippen LogP contribution is -2.08. The van der Waals surface area contributed by atoms with Crippen molar-refractivity contribution in [1.82, 2.24) is 5.32 Å². The average molecular weight is 302 g/mol. The molecule has 0 aromatic heterocycles. The van der Waals surface area contributed by atoms with E-state index >= 15 is 0 Å². The van der Waals surface area contributed by atoms with E-state index < -0.39 is 0 Å². The van der Waals surface area contributed by atoms with E-state index in [2.05, 4.69) is 21.2 Å². The van der Waals surface area contributed by atoms with Crippen molar-refractivity contribution in [2.24, 2.45) is 0 Å². The topological polar surface area (TPSA) is 50.7 Å². The van der Waals surface area contributed by atoms with E-state index in [9.17, 15) is 5.11 Å². The molecule has 0 aliphatic carbocycles. The maximum Gasteiger partial charge on any atom is 0.178 e. The molecule has 1 saturated heterocycles. The number of hydrogen-bond donors (Lipinski definition) is 2. The zero-order valence-corrected chi connectivity index (χ0v) is 11.5. The molecule has 0 saturated carbocycles. The second kappa shape index (κ2) is 5.14. The molecule has 1 aromatic carbocycles. The van der Waals surface area contributed by atoms with E-state index in [0.717, 1.165) is 25.1 Å². The van der Waals surface area contributed by atoms with Crippen LogP contribution >= 0.6 is 15.9 Å². The molecule has 0 amide bonds. The van der Waals surface area contributed by atoms with Crippen LogP contribution in [0.15, 0.2) is 10.5 Å². The van der Waals surface area contributed by atoms with Crippen molar-refractivity contribution in [3.05, 3.63) is 16.1 Å². The van der Waals surface area contributed by atoms with Gasteiger partial charge in [-0.3, -0.25) is 0 Å². The zero-order chi connectivity index (χ0) is 12.4. The van der Waals surface area contributed by atoms with Crippen LogP contribution < -0.4 is 14.8 Å². The van der Waals surface area contributed by atoms with E-state index in [-0.39, 0.29) is 5.75 Å². The first-order valence-corrected chi connectivity index (χ1v) is 6.32. The molecule has 1 atom stereocenters. The Bertz CT molecular complexity index is 417. The fraction of sp³-hybridized carbons (Fsp3) is 0.500. The van der Waals surface area contributed by atoms with Crippen molar-refractivity contribution >= 4 is 15.9 Å². The van der Waals surface area contributed by atoms with Gasteiger partial charge in [0, 0.05) is 18.0 Å². The molecule has 4 nitrogen and oxygen atoms in total. The molecule has 2 rings (SSSR count). The zero-order valence-electron chi connectivity index (χ0n) is 9.92. The van der Waals surface area contributed by atoms with Crippen molar-refractivity contribution in [2.75, 3.05) is 27.3 Å². The summed E-state index contributed by atoms with van der Waals surface area (Å²) >= 11 is 3.35. The number of phenolic OH excluding ortho intramolecular Hbond substituents is 1. The van der Waals surface area contributed by atoms with Gasteiger partial charge in [0.25, 0.3) is 0 Å². The minimum absolute atomic E-state index is 0.247. The molecule has 1 fully saturated rings. The summed E-state index contributed by atoms with van der Waals surface area (Å²) in [5, 5.41) is 13.5. The fourth-order valence-corrected chi connectivity index (χ4v) is 2.78. The number of benzene rings is 1. The third-order valence-electron chi connectivity index (χ3n) is 3.12. The number of aromatic hydroxyl groups is 1. The fourth-order valence-electron chi connectivity index (χ4n) is 2.19. The van der Waals surface area contributed by atoms with Crippen LogP contribution in [0.4, 0.5) is 0 Å². The van der Waals surface area contributed by atoms with Crippen LogP contribution in [0.5, 0.6) is 17.2 Å². The Labute approximate surface area is 109 Å². The number of methoxy groups -OCH3 is 2. The van der Waals surface area contributed by atoms with Crippen LogP contribution in [0.25, 0.3) is 0 Å². The van der Waals surface area contributed by atoms with Crippen LogP contribution in [-0.2, 0) is 0 Å². The number of ether oxygens (including phenoxy) is 2. The van der Waals surface area contributed by atoms with E-state index in [1.54, 1.807) is 14.2 Å². The van der Waals surface area contributed by atoms with Crippen molar-refractivity contribution < 1.29 is 14.6 Å². The van der Waals surface area contributed by atoms with Crippen LogP contribution in [0.3, 0.4) is 0 Å². The monoisotopic (exact) mass is 301 g/mol. The molecule has 0 bridgehead atoms. The number of nitrogens with one attached hydrogen (secondary N) is 1. The summed E-state index contributed by atoms with van der Waals surface area (Å²) in [6.45, 7) is 1.87. The second-order valence-electron chi connectivity index (χ2n) is 4.05. The van der Waals surface area contributed by atoms with Gasteiger partial charge in [0.1, 0.15) is 10.2 Å². The molecule has 1 aromatic rings. The van der Waals surface area contributed by atoms with Gasteiger partial charge in [-0.15, -0.1) is 0 Å². The predicted molar refractivity (Wildman–Crippen MR) is 69.1 cm³/mol. The summed E-state index contributed by atoms with van der Waals surface area (Å²) in [6.07, 6.45) is 1.02. The van der Waals surface area contributed by atoms with Crippen LogP contribution in [0.2, 0.25) is 0 Å². The first-order valence-electron chi connectivity index (χ1n) is 5.53. The van der Waals surface area contributed by atoms with Gasteiger partial charge < -0.3 is 19.9 Å². The predicted octanol–water partition coefficient (Wildman–Crippen LogP) is 2.25. The SMILES string of the molecule is COc1cc(C2CCNC2)c(O)c(Br)c1OC. The number of phenols is 1. The molecular formula is C12H16BrNO3. The molecule has 5 heteroatoms. The summed E-state index contributed by atoms with van der Waals surface area (Å²) in [5.41, 5.74) is 0.902. The normalized spacial score (nSPS) is 19.4. The number of rotatable bonds is 3. The lowest BCUT2D eigenvalue weighted by molar-refractivity contribution is 0.347. The maximum atomic E-state index is 10.2. The highest BCUT2D eigenvalue weighted by molar-refractivity contribution is 9.10. The third-order valence-corrected chi connectivity index (χ3v) is 3.85. The molecule has 1 aliphatic heterocycles. The molecule has 0 spiro atoms. The molecular weight excluding hydrogens is 286 g/mol. The Morgan fingerprint density at radius 2 is 2.18 bits per heavy atom. The Morgan fingerprint density at radius 1 is 1.41 bits per heavy atom. The lowest BCUT2D eigenvalue weighted by Gasteiger charge is -2.17. The van der Waals surface area contributed by atoms with Gasteiger partial charge in [-0.05, 0) is 35.0 Å². The van der Waals surface area contributed by atoms with E-state index in [0.29, 0.717) is 21.9 Å². The van der Waals surface area contributed by atoms with Gasteiger partial charge in [-0.2, -0.15) is 0 Å². The van der Waals surface area contributed by atoms with Gasteiger partial charge in [0.2, 0.25) is 0 Å². The second-order valence-corrected chi connectivity index (χ2v) is 4.85. The molecule has 94 valence electrons. The summed E-state index contributed by atoms with van der Waals surface area (Å²) in [7, 11) is 3.15. The van der Waals surface area contributed by atoms with Gasteiger partial charge in [-0.1, -0.05) is 0 Å². The van der Waals surface area contributed by atoms with Gasteiger partial charge in [0.05, 0.1) is 14.2 Å². The third kappa shape index (κ3) is 2.21. The minimum Gasteiger partial charge on any atom is -0.506 e. The number of hydrogen-bond acceptors (Lipinski definition) is 4. The highest BCUT2D eigenvalue weighted by atomic mass is 79.9. The standard InChI is InChI=1S/C12H16BrNO3/c1-16-9-5-8(7-3-4-14-6-7)11(15)10(13)12(9)17-2/h5,7,14-15H,3-4,6H2,1-2H3. The largest absolute Gasteiger partial charge is 0.506 e. The summed E-state index contributed by atoms with van der Waals surface area (Å²) < 4.78 is 11.1. The Hall–Kier alpha value is -0.940. The first-order chi connectivity index (χ1) is 8.19. The maximum absolute atomic E-state index is 10.2. The van der Waals surface area contributed by atoms with Gasteiger partial charge >= 0.3 is 0 Å². The Kier molecular flexibility index (Phi) is 3.79. The average Bonchev–Trinajstić information content (AvgIpc) is 2.85. The van der Waals surface area contributed by atoms with Crippen molar-refractivity contribution in [1.29, 1.82) is 0 Å². The smallest absolute Gasteiger partial charge is 0.178 e. The molecule has 1 heterocycles.